The summed E-state index contributed by atoms with van der Waals surface area (Å²) < 4.78 is 0. The molecule has 0 aliphatic rings. The van der Waals surface area contributed by atoms with E-state index in [9.17, 15) is 0 Å². The van der Waals surface area contributed by atoms with E-state index in [-0.39, 0.29) is 0 Å². The highest BCUT2D eigenvalue weighted by Gasteiger charge is 2.03. The Hall–Kier alpha value is -2.41. The summed E-state index contributed by atoms with van der Waals surface area (Å²) in [5.74, 6) is 0. The Kier molecular flexibility index (Phi) is 8.49. The van der Waals surface area contributed by atoms with Crippen molar-refractivity contribution in [3.8, 4) is 22.4 Å². The maximum absolute atomic E-state index is 4.63. The first-order chi connectivity index (χ1) is 14.3. The van der Waals surface area contributed by atoms with E-state index in [1.165, 1.54) is 72.8 Å². The SMILES string of the molecule is CCCCCCCCc1ccc(-c2ccc(-c3ccc(CCC)cn3)cc2)cc1. The largest absolute Gasteiger partial charge is 0.256 e. The standard InChI is InChI=1S/C28H35N/c1-3-5-6-7-8-9-11-23-12-15-25(16-13-23)26-17-19-27(20-18-26)28-21-14-24(10-4-2)22-29-28/h12-22H,3-11H2,1-2H3. The number of hydrogen-bond donors (Lipinski definition) is 0. The van der Waals surface area contributed by atoms with Gasteiger partial charge in [-0.15, -0.1) is 0 Å². The van der Waals surface area contributed by atoms with E-state index < -0.39 is 0 Å². The normalized spacial score (nSPS) is 11.0. The third-order valence-corrected chi connectivity index (χ3v) is 5.65. The molecule has 3 aromatic rings. The number of rotatable bonds is 11. The lowest BCUT2D eigenvalue weighted by molar-refractivity contribution is 0.607. The van der Waals surface area contributed by atoms with Crippen molar-refractivity contribution in [3.63, 3.8) is 0 Å². The molecule has 152 valence electrons. The van der Waals surface area contributed by atoms with Gasteiger partial charge in [0.15, 0.2) is 0 Å². The second-order valence-electron chi connectivity index (χ2n) is 8.09. The van der Waals surface area contributed by atoms with Crippen molar-refractivity contribution in [3.05, 3.63) is 78.0 Å². The Morgan fingerprint density at radius 3 is 1.72 bits per heavy atom. The summed E-state index contributed by atoms with van der Waals surface area (Å²) in [5.41, 5.74) is 7.55. The third kappa shape index (κ3) is 6.56. The molecule has 0 spiro atoms. The van der Waals surface area contributed by atoms with Crippen LogP contribution in [0, 0.1) is 0 Å². The average Bonchev–Trinajstić information content (AvgIpc) is 2.78. The van der Waals surface area contributed by atoms with Crippen LogP contribution in [-0.4, -0.2) is 4.98 Å². The molecule has 0 aliphatic heterocycles. The molecule has 1 heteroatoms. The predicted molar refractivity (Wildman–Crippen MR) is 126 cm³/mol. The van der Waals surface area contributed by atoms with Gasteiger partial charge in [-0.2, -0.15) is 0 Å². The molecule has 0 N–H and O–H groups in total. The van der Waals surface area contributed by atoms with Gasteiger partial charge in [0, 0.05) is 11.8 Å². The highest BCUT2D eigenvalue weighted by atomic mass is 14.7. The molecule has 0 radical (unpaired) electrons. The third-order valence-electron chi connectivity index (χ3n) is 5.65. The zero-order valence-electron chi connectivity index (χ0n) is 18.2. The average molecular weight is 386 g/mol. The van der Waals surface area contributed by atoms with Crippen molar-refractivity contribution in [2.75, 3.05) is 0 Å². The molecular weight excluding hydrogens is 350 g/mol. The molecule has 0 amide bonds. The molecule has 0 fully saturated rings. The molecule has 1 nitrogen and oxygen atoms in total. The zero-order valence-corrected chi connectivity index (χ0v) is 18.2. The maximum atomic E-state index is 4.63. The number of unbranched alkanes of at least 4 members (excludes halogenated alkanes) is 5. The molecule has 1 aromatic heterocycles. The Bertz CT molecular complexity index is 829. The first kappa shape index (κ1) is 21.3. The van der Waals surface area contributed by atoms with Crippen LogP contribution in [0.25, 0.3) is 22.4 Å². The Labute approximate surface area is 177 Å². The Morgan fingerprint density at radius 1 is 0.517 bits per heavy atom. The molecule has 29 heavy (non-hydrogen) atoms. The van der Waals surface area contributed by atoms with Crippen LogP contribution in [0.2, 0.25) is 0 Å². The van der Waals surface area contributed by atoms with E-state index in [1.54, 1.807) is 0 Å². The van der Waals surface area contributed by atoms with E-state index in [0.717, 1.165) is 18.5 Å². The zero-order chi connectivity index (χ0) is 20.3. The van der Waals surface area contributed by atoms with Crippen LogP contribution in [0.15, 0.2) is 66.9 Å². The number of aryl methyl sites for hydroxylation is 2. The lowest BCUT2D eigenvalue weighted by Crippen LogP contribution is -1.89. The molecule has 0 bridgehead atoms. The van der Waals surface area contributed by atoms with Gasteiger partial charge in [0.1, 0.15) is 0 Å². The quantitative estimate of drug-likeness (QED) is 0.303. The summed E-state index contributed by atoms with van der Waals surface area (Å²) in [7, 11) is 0. The number of benzene rings is 2. The minimum absolute atomic E-state index is 1.05. The smallest absolute Gasteiger partial charge is 0.0702 e. The van der Waals surface area contributed by atoms with Gasteiger partial charge in [0.25, 0.3) is 0 Å². The van der Waals surface area contributed by atoms with Gasteiger partial charge in [-0.05, 0) is 47.6 Å². The molecule has 0 unspecified atom stereocenters. The fourth-order valence-corrected chi connectivity index (χ4v) is 3.84. The van der Waals surface area contributed by atoms with Crippen LogP contribution in [0.1, 0.15) is 69.9 Å². The van der Waals surface area contributed by atoms with Crippen molar-refractivity contribution in [1.29, 1.82) is 0 Å². The molecular formula is C28H35N. The van der Waals surface area contributed by atoms with Crippen molar-refractivity contribution in [2.24, 2.45) is 0 Å². The summed E-state index contributed by atoms with van der Waals surface area (Å²) in [6.07, 6.45) is 13.6. The number of hydrogen-bond acceptors (Lipinski definition) is 1. The van der Waals surface area contributed by atoms with Crippen LogP contribution in [0.5, 0.6) is 0 Å². The molecule has 0 saturated carbocycles. The van der Waals surface area contributed by atoms with Crippen molar-refractivity contribution in [1.82, 2.24) is 4.98 Å². The van der Waals surface area contributed by atoms with Crippen LogP contribution in [-0.2, 0) is 12.8 Å². The molecule has 2 aromatic carbocycles. The lowest BCUT2D eigenvalue weighted by Gasteiger charge is -2.07. The van der Waals surface area contributed by atoms with E-state index in [4.69, 9.17) is 0 Å². The topological polar surface area (TPSA) is 12.9 Å². The molecule has 0 aliphatic carbocycles. The number of nitrogens with zero attached hydrogens (tertiary/aromatic N) is 1. The van der Waals surface area contributed by atoms with Crippen LogP contribution < -0.4 is 0 Å². The van der Waals surface area contributed by atoms with Gasteiger partial charge < -0.3 is 0 Å². The minimum Gasteiger partial charge on any atom is -0.256 e. The second kappa shape index (κ2) is 11.6. The summed E-state index contributed by atoms with van der Waals surface area (Å²) in [6.45, 7) is 4.48. The lowest BCUT2D eigenvalue weighted by atomic mass is 9.99. The first-order valence-corrected chi connectivity index (χ1v) is 11.4. The van der Waals surface area contributed by atoms with Crippen LogP contribution in [0.4, 0.5) is 0 Å². The predicted octanol–water partition coefficient (Wildman–Crippen LogP) is 8.27. The highest BCUT2D eigenvalue weighted by molar-refractivity contribution is 5.69. The maximum Gasteiger partial charge on any atom is 0.0702 e. The molecule has 3 rings (SSSR count). The monoisotopic (exact) mass is 385 g/mol. The summed E-state index contributed by atoms with van der Waals surface area (Å²) >= 11 is 0. The molecule has 0 saturated heterocycles. The van der Waals surface area contributed by atoms with Gasteiger partial charge in [-0.3, -0.25) is 4.98 Å². The van der Waals surface area contributed by atoms with Gasteiger partial charge in [0.05, 0.1) is 5.69 Å². The summed E-state index contributed by atoms with van der Waals surface area (Å²) in [5, 5.41) is 0. The van der Waals surface area contributed by atoms with Gasteiger partial charge in [-0.25, -0.2) is 0 Å². The van der Waals surface area contributed by atoms with Crippen LogP contribution >= 0.6 is 0 Å². The van der Waals surface area contributed by atoms with E-state index in [0.29, 0.717) is 0 Å². The van der Waals surface area contributed by atoms with Gasteiger partial charge >= 0.3 is 0 Å². The first-order valence-electron chi connectivity index (χ1n) is 11.4. The highest BCUT2D eigenvalue weighted by Crippen LogP contribution is 2.25. The van der Waals surface area contributed by atoms with Crippen molar-refractivity contribution < 1.29 is 0 Å². The summed E-state index contributed by atoms with van der Waals surface area (Å²) in [4.78, 5) is 4.63. The molecule has 1 heterocycles. The molecule has 0 atom stereocenters. The Morgan fingerprint density at radius 2 is 1.10 bits per heavy atom. The van der Waals surface area contributed by atoms with Gasteiger partial charge in [0.2, 0.25) is 0 Å². The van der Waals surface area contributed by atoms with Gasteiger partial charge in [-0.1, -0.05) is 107 Å². The second-order valence-corrected chi connectivity index (χ2v) is 8.09. The summed E-state index contributed by atoms with van der Waals surface area (Å²) in [6, 6.07) is 22.2. The van der Waals surface area contributed by atoms with E-state index >= 15 is 0 Å². The fourth-order valence-electron chi connectivity index (χ4n) is 3.84. The Balaban J connectivity index is 1.55. The fraction of sp³-hybridized carbons (Fsp3) is 0.393. The van der Waals surface area contributed by atoms with E-state index in [1.807, 2.05) is 6.20 Å². The minimum atomic E-state index is 1.05. The van der Waals surface area contributed by atoms with E-state index in [2.05, 4.69) is 79.5 Å². The van der Waals surface area contributed by atoms with Crippen LogP contribution in [0.3, 0.4) is 0 Å². The van der Waals surface area contributed by atoms with Crippen molar-refractivity contribution in [2.45, 2.75) is 71.6 Å². The van der Waals surface area contributed by atoms with Crippen molar-refractivity contribution >= 4 is 0 Å². The number of pyridine rings is 1. The number of aromatic nitrogens is 1.